The smallest absolute Gasteiger partial charge is 0.257 e. The van der Waals surface area contributed by atoms with Gasteiger partial charge in [-0.2, -0.15) is 0 Å². The lowest BCUT2D eigenvalue weighted by Gasteiger charge is -2.46. The minimum atomic E-state index is 0.0818. The van der Waals surface area contributed by atoms with Gasteiger partial charge in [0, 0.05) is 38.6 Å². The van der Waals surface area contributed by atoms with Crippen LogP contribution in [0.1, 0.15) is 48.9 Å². The van der Waals surface area contributed by atoms with Gasteiger partial charge in [0.1, 0.15) is 6.26 Å². The Hall–Kier alpha value is -1.82. The van der Waals surface area contributed by atoms with Gasteiger partial charge in [-0.1, -0.05) is 0 Å². The highest BCUT2D eigenvalue weighted by Gasteiger charge is 2.38. The number of likely N-dealkylation sites (tertiary alicyclic amines) is 2. The molecule has 3 atom stereocenters. The number of carbonyl (C=O) groups excluding carboxylic acids is 2. The lowest BCUT2D eigenvalue weighted by atomic mass is 9.79. The van der Waals surface area contributed by atoms with Gasteiger partial charge < -0.3 is 19.5 Å². The van der Waals surface area contributed by atoms with Crippen molar-refractivity contribution in [1.82, 2.24) is 15.1 Å². The lowest BCUT2D eigenvalue weighted by Crippen LogP contribution is -2.57. The monoisotopic (exact) mass is 359 g/mol. The molecule has 3 fully saturated rings. The average Bonchev–Trinajstić information content (AvgIpc) is 3.36. The molecule has 0 unspecified atom stereocenters. The van der Waals surface area contributed by atoms with Crippen molar-refractivity contribution in [1.29, 1.82) is 0 Å². The molecule has 3 aliphatic rings. The molecule has 1 N–H and O–H groups in total. The molecule has 0 aliphatic carbocycles. The van der Waals surface area contributed by atoms with E-state index in [0.717, 1.165) is 58.4 Å². The predicted octanol–water partition coefficient (Wildman–Crippen LogP) is 2.12. The van der Waals surface area contributed by atoms with E-state index in [9.17, 15) is 9.59 Å². The molecule has 1 aromatic rings. The highest BCUT2D eigenvalue weighted by atomic mass is 16.3. The summed E-state index contributed by atoms with van der Waals surface area (Å²) in [4.78, 5) is 28.9. The quantitative estimate of drug-likeness (QED) is 0.875. The van der Waals surface area contributed by atoms with E-state index in [1.165, 1.54) is 12.7 Å². The number of nitrogens with one attached hydrogen (secondary N) is 1. The van der Waals surface area contributed by atoms with E-state index in [2.05, 4.69) is 5.32 Å². The topological polar surface area (TPSA) is 65.8 Å². The van der Waals surface area contributed by atoms with Crippen LogP contribution in [0.3, 0.4) is 0 Å². The summed E-state index contributed by atoms with van der Waals surface area (Å²) in [5.74, 6) is 1.42. The number of hydrogen-bond donors (Lipinski definition) is 1. The van der Waals surface area contributed by atoms with E-state index in [4.69, 9.17) is 4.42 Å². The minimum absolute atomic E-state index is 0.0818. The number of nitrogens with zero attached hydrogens (tertiary/aromatic N) is 2. The van der Waals surface area contributed by atoms with Gasteiger partial charge in [-0.15, -0.1) is 0 Å². The van der Waals surface area contributed by atoms with Crippen molar-refractivity contribution in [3.8, 4) is 0 Å². The third-order valence-corrected chi connectivity index (χ3v) is 6.23. The summed E-state index contributed by atoms with van der Waals surface area (Å²) in [6, 6.07) is 2.16. The van der Waals surface area contributed by atoms with Gasteiger partial charge in [-0.3, -0.25) is 9.59 Å². The largest absolute Gasteiger partial charge is 0.472 e. The molecule has 0 aromatic carbocycles. The Bertz CT molecular complexity index is 624. The second-order valence-electron chi connectivity index (χ2n) is 8.08. The first-order valence-electron chi connectivity index (χ1n) is 10.0. The average molecular weight is 359 g/mol. The first-order chi connectivity index (χ1) is 12.7. The summed E-state index contributed by atoms with van der Waals surface area (Å²) in [5, 5.41) is 3.68. The summed E-state index contributed by atoms with van der Waals surface area (Å²) in [6.07, 6.45) is 9.19. The molecular formula is C20H29N3O3. The molecule has 4 heterocycles. The van der Waals surface area contributed by atoms with Crippen LogP contribution in [-0.4, -0.2) is 60.4 Å². The van der Waals surface area contributed by atoms with Gasteiger partial charge in [0.2, 0.25) is 5.91 Å². The van der Waals surface area contributed by atoms with Gasteiger partial charge in [0.25, 0.3) is 5.91 Å². The van der Waals surface area contributed by atoms with Crippen molar-refractivity contribution in [3.05, 3.63) is 24.2 Å². The zero-order chi connectivity index (χ0) is 17.9. The van der Waals surface area contributed by atoms with Crippen molar-refractivity contribution in [2.45, 2.75) is 44.6 Å². The van der Waals surface area contributed by atoms with E-state index >= 15 is 0 Å². The maximum absolute atomic E-state index is 12.6. The van der Waals surface area contributed by atoms with Gasteiger partial charge in [0.15, 0.2) is 0 Å². The molecule has 4 rings (SSSR count). The second kappa shape index (κ2) is 7.82. The fourth-order valence-corrected chi connectivity index (χ4v) is 4.84. The number of rotatable bonds is 5. The highest BCUT2D eigenvalue weighted by molar-refractivity contribution is 5.93. The third kappa shape index (κ3) is 3.80. The molecule has 0 saturated carbocycles. The van der Waals surface area contributed by atoms with E-state index in [-0.39, 0.29) is 5.91 Å². The van der Waals surface area contributed by atoms with Crippen molar-refractivity contribution in [2.24, 2.45) is 11.8 Å². The van der Waals surface area contributed by atoms with E-state index in [1.807, 2.05) is 9.80 Å². The van der Waals surface area contributed by atoms with Gasteiger partial charge in [0.05, 0.1) is 11.8 Å². The third-order valence-electron chi connectivity index (χ3n) is 6.23. The fraction of sp³-hybridized carbons (Fsp3) is 0.700. The number of fused-ring (bicyclic) bond motifs is 2. The van der Waals surface area contributed by atoms with Crippen LogP contribution in [0.25, 0.3) is 0 Å². The van der Waals surface area contributed by atoms with Gasteiger partial charge >= 0.3 is 0 Å². The normalized spacial score (nSPS) is 28.4. The molecule has 3 aliphatic heterocycles. The van der Waals surface area contributed by atoms with Crippen LogP contribution in [0.5, 0.6) is 0 Å². The lowest BCUT2D eigenvalue weighted by molar-refractivity contribution is -0.130. The molecule has 2 bridgehead atoms. The van der Waals surface area contributed by atoms with Gasteiger partial charge in [-0.05, 0) is 56.6 Å². The van der Waals surface area contributed by atoms with Crippen LogP contribution >= 0.6 is 0 Å². The first-order valence-corrected chi connectivity index (χ1v) is 10.0. The maximum atomic E-state index is 12.6. The predicted molar refractivity (Wildman–Crippen MR) is 97.7 cm³/mol. The Kier molecular flexibility index (Phi) is 5.29. The molecular weight excluding hydrogens is 330 g/mol. The van der Waals surface area contributed by atoms with Crippen LogP contribution in [-0.2, 0) is 4.79 Å². The molecule has 2 amide bonds. The van der Waals surface area contributed by atoms with E-state index in [0.29, 0.717) is 35.8 Å². The van der Waals surface area contributed by atoms with Crippen LogP contribution < -0.4 is 5.32 Å². The van der Waals surface area contributed by atoms with E-state index in [1.54, 1.807) is 12.3 Å². The van der Waals surface area contributed by atoms with Crippen LogP contribution in [0.2, 0.25) is 0 Å². The second-order valence-corrected chi connectivity index (χ2v) is 8.08. The molecule has 3 saturated heterocycles. The van der Waals surface area contributed by atoms with Gasteiger partial charge in [-0.25, -0.2) is 0 Å². The maximum Gasteiger partial charge on any atom is 0.257 e. The van der Waals surface area contributed by atoms with Crippen LogP contribution in [0.4, 0.5) is 0 Å². The number of piperidine rings is 2. The zero-order valence-corrected chi connectivity index (χ0v) is 15.4. The van der Waals surface area contributed by atoms with Crippen molar-refractivity contribution in [2.75, 3.05) is 32.7 Å². The van der Waals surface area contributed by atoms with Crippen molar-refractivity contribution in [3.63, 3.8) is 0 Å². The molecule has 26 heavy (non-hydrogen) atoms. The van der Waals surface area contributed by atoms with Crippen molar-refractivity contribution < 1.29 is 14.0 Å². The Balaban J connectivity index is 1.28. The Morgan fingerprint density at radius 3 is 2.81 bits per heavy atom. The molecule has 0 radical (unpaired) electrons. The summed E-state index contributed by atoms with van der Waals surface area (Å²) >= 11 is 0. The van der Waals surface area contributed by atoms with Crippen LogP contribution in [0.15, 0.2) is 23.0 Å². The molecule has 0 spiro atoms. The summed E-state index contributed by atoms with van der Waals surface area (Å²) in [7, 11) is 0. The Labute approximate surface area is 154 Å². The molecule has 142 valence electrons. The SMILES string of the molecule is O=C(CCC[C@H]1NC[C@@H]2C[C@@H]1CN(C(=O)c1ccoc1)C2)N1CCCC1. The number of carbonyl (C=O) groups is 2. The molecule has 6 nitrogen and oxygen atoms in total. The zero-order valence-electron chi connectivity index (χ0n) is 15.4. The molecule has 1 aromatic heterocycles. The van der Waals surface area contributed by atoms with Crippen molar-refractivity contribution >= 4 is 11.8 Å². The molecule has 6 heteroatoms. The number of hydrogen-bond acceptors (Lipinski definition) is 4. The summed E-state index contributed by atoms with van der Waals surface area (Å²) < 4.78 is 5.06. The minimum Gasteiger partial charge on any atom is -0.472 e. The highest BCUT2D eigenvalue weighted by Crippen LogP contribution is 2.31. The number of amides is 2. The number of furan rings is 1. The standard InChI is InChI=1S/C20H29N3O3/c24-19(22-7-1-2-8-22)5-3-4-18-17-10-15(11-21-18)12-23(13-17)20(25)16-6-9-26-14-16/h6,9,14-15,17-18,21H,1-5,7-8,10-13H2/t15-,17+,18+/m0/s1. The first kappa shape index (κ1) is 17.6. The Morgan fingerprint density at radius 1 is 1.19 bits per heavy atom. The van der Waals surface area contributed by atoms with E-state index < -0.39 is 0 Å². The summed E-state index contributed by atoms with van der Waals surface area (Å²) in [5.41, 5.74) is 0.644. The summed E-state index contributed by atoms with van der Waals surface area (Å²) in [6.45, 7) is 4.48. The Morgan fingerprint density at radius 2 is 2.04 bits per heavy atom. The fourth-order valence-electron chi connectivity index (χ4n) is 4.84. The van der Waals surface area contributed by atoms with Crippen LogP contribution in [0, 0.1) is 11.8 Å².